The van der Waals surface area contributed by atoms with E-state index < -0.39 is 11.2 Å². The van der Waals surface area contributed by atoms with Gasteiger partial charge in [-0.2, -0.15) is 0 Å². The molecule has 0 aliphatic carbocycles. The number of carbonyl (C=O) groups excluding carboxylic acids is 4. The van der Waals surface area contributed by atoms with Crippen LogP contribution in [0, 0.1) is 11.7 Å². The molecule has 0 bridgehead atoms. The summed E-state index contributed by atoms with van der Waals surface area (Å²) in [6.45, 7) is 0.849. The summed E-state index contributed by atoms with van der Waals surface area (Å²) in [6.07, 6.45) is 1.26. The normalized spacial score (nSPS) is 20.4. The van der Waals surface area contributed by atoms with E-state index in [-0.39, 0.29) is 36.0 Å². The molecule has 3 aliphatic rings. The van der Waals surface area contributed by atoms with Crippen molar-refractivity contribution in [2.45, 2.75) is 24.7 Å². The summed E-state index contributed by atoms with van der Waals surface area (Å²) in [7, 11) is 0. The van der Waals surface area contributed by atoms with Gasteiger partial charge in [-0.15, -0.1) is 0 Å². The summed E-state index contributed by atoms with van der Waals surface area (Å²) in [5, 5.41) is 8.62. The number of amides is 4. The predicted octanol–water partition coefficient (Wildman–Crippen LogP) is 3.70. The first-order valence-corrected chi connectivity index (χ1v) is 12.6. The first-order valence-electron chi connectivity index (χ1n) is 12.6. The topological polar surface area (TPSA) is 108 Å². The molecule has 192 valence electrons. The minimum Gasteiger partial charge on any atom is -0.339 e. The zero-order valence-electron chi connectivity index (χ0n) is 20.4. The van der Waals surface area contributed by atoms with Crippen LogP contribution in [-0.2, 0) is 26.2 Å². The number of anilines is 3. The minimum absolute atomic E-state index is 0.165. The molecular formula is C29H25FN4O4. The minimum atomic E-state index is -1.35. The molecule has 1 saturated heterocycles. The van der Waals surface area contributed by atoms with Gasteiger partial charge in [-0.1, -0.05) is 24.3 Å². The maximum Gasteiger partial charge on any atom is 0.253 e. The van der Waals surface area contributed by atoms with Gasteiger partial charge in [0, 0.05) is 53.6 Å². The van der Waals surface area contributed by atoms with Crippen LogP contribution in [0.3, 0.4) is 0 Å². The summed E-state index contributed by atoms with van der Waals surface area (Å²) < 4.78 is 13.2. The van der Waals surface area contributed by atoms with E-state index in [1.54, 1.807) is 23.1 Å². The number of carbonyl (C=O) groups is 4. The number of nitrogens with zero attached hydrogens (tertiary/aromatic N) is 1. The van der Waals surface area contributed by atoms with Crippen molar-refractivity contribution >= 4 is 40.7 Å². The van der Waals surface area contributed by atoms with Gasteiger partial charge in [0.2, 0.25) is 17.7 Å². The van der Waals surface area contributed by atoms with Crippen molar-refractivity contribution in [1.82, 2.24) is 4.90 Å². The van der Waals surface area contributed by atoms with Crippen molar-refractivity contribution in [3.05, 3.63) is 89.2 Å². The molecule has 0 radical (unpaired) electrons. The van der Waals surface area contributed by atoms with Gasteiger partial charge in [0.1, 0.15) is 5.82 Å². The lowest BCUT2D eigenvalue weighted by Crippen LogP contribution is -2.50. The molecule has 0 saturated carbocycles. The van der Waals surface area contributed by atoms with E-state index in [1.165, 1.54) is 24.3 Å². The highest BCUT2D eigenvalue weighted by molar-refractivity contribution is 6.25. The van der Waals surface area contributed by atoms with Crippen molar-refractivity contribution < 1.29 is 23.6 Å². The highest BCUT2D eigenvalue weighted by Gasteiger charge is 2.55. The van der Waals surface area contributed by atoms with Crippen LogP contribution in [-0.4, -0.2) is 41.6 Å². The lowest BCUT2D eigenvalue weighted by Gasteiger charge is -2.32. The summed E-state index contributed by atoms with van der Waals surface area (Å²) in [6, 6.07) is 18.0. The van der Waals surface area contributed by atoms with Gasteiger partial charge in [-0.05, 0) is 60.9 Å². The summed E-state index contributed by atoms with van der Waals surface area (Å²) in [5.41, 5.74) is 2.27. The molecule has 9 heteroatoms. The first-order chi connectivity index (χ1) is 18.3. The largest absolute Gasteiger partial charge is 0.339 e. The van der Waals surface area contributed by atoms with Gasteiger partial charge in [0.15, 0.2) is 5.41 Å². The Labute approximate surface area is 218 Å². The zero-order valence-corrected chi connectivity index (χ0v) is 20.4. The van der Waals surface area contributed by atoms with Crippen LogP contribution < -0.4 is 16.0 Å². The molecule has 1 fully saturated rings. The Bertz CT molecular complexity index is 1480. The third-order valence-electron chi connectivity index (χ3n) is 7.74. The van der Waals surface area contributed by atoms with Crippen molar-refractivity contribution in [3.8, 4) is 0 Å². The highest BCUT2D eigenvalue weighted by atomic mass is 19.1. The molecule has 3 aromatic rings. The number of para-hydroxylation sites is 1. The number of nitrogens with one attached hydrogen (secondary N) is 3. The Kier molecular flexibility index (Phi) is 5.71. The number of hydrogen-bond donors (Lipinski definition) is 3. The number of likely N-dealkylation sites (tertiary alicyclic amines) is 1. The molecule has 0 aromatic heterocycles. The van der Waals surface area contributed by atoms with E-state index in [2.05, 4.69) is 16.0 Å². The van der Waals surface area contributed by atoms with Gasteiger partial charge < -0.3 is 20.9 Å². The van der Waals surface area contributed by atoms with E-state index in [0.717, 1.165) is 5.56 Å². The van der Waals surface area contributed by atoms with Crippen molar-refractivity contribution in [2.75, 3.05) is 29.0 Å². The van der Waals surface area contributed by atoms with E-state index in [0.29, 0.717) is 54.1 Å². The third-order valence-corrected chi connectivity index (χ3v) is 7.74. The van der Waals surface area contributed by atoms with Crippen LogP contribution in [0.4, 0.5) is 21.5 Å². The number of fused-ring (bicyclic) bond motifs is 3. The summed E-state index contributed by atoms with van der Waals surface area (Å²) in [5.74, 6) is -1.77. The van der Waals surface area contributed by atoms with Gasteiger partial charge in [-0.25, -0.2) is 4.39 Å². The van der Waals surface area contributed by atoms with Gasteiger partial charge in [-0.3, -0.25) is 19.2 Å². The van der Waals surface area contributed by atoms with E-state index in [1.807, 2.05) is 24.3 Å². The Hall–Kier alpha value is -4.53. The molecule has 3 N–H and O–H groups in total. The number of rotatable bonds is 3. The van der Waals surface area contributed by atoms with Crippen molar-refractivity contribution in [2.24, 2.45) is 5.92 Å². The summed E-state index contributed by atoms with van der Waals surface area (Å²) in [4.78, 5) is 53.6. The Morgan fingerprint density at radius 1 is 0.895 bits per heavy atom. The standard InChI is InChI=1S/C29H25FN4O4/c30-20-7-5-18(6-8-20)26(36)34-13-11-17(12-14-34)25(35)31-21-9-10-22-24(15-21)33-28(38)29(22)16-19-3-1-2-4-23(19)32-27(29)37/h1-10,15,17H,11-14,16H2,(H,31,35)(H,32,37)(H,33,38). The number of hydrogen-bond acceptors (Lipinski definition) is 4. The number of benzene rings is 3. The van der Waals surface area contributed by atoms with Gasteiger partial charge in [0.05, 0.1) is 0 Å². The maximum atomic E-state index is 13.2. The molecule has 3 heterocycles. The molecular weight excluding hydrogens is 487 g/mol. The maximum absolute atomic E-state index is 13.2. The fourth-order valence-electron chi connectivity index (χ4n) is 5.61. The average Bonchev–Trinajstić information content (AvgIpc) is 3.20. The molecule has 6 rings (SSSR count). The van der Waals surface area contributed by atoms with Crippen LogP contribution in [0.5, 0.6) is 0 Å². The van der Waals surface area contributed by atoms with Crippen LogP contribution in [0.2, 0.25) is 0 Å². The molecule has 8 nitrogen and oxygen atoms in total. The fourth-order valence-corrected chi connectivity index (χ4v) is 5.61. The smallest absolute Gasteiger partial charge is 0.253 e. The highest BCUT2D eigenvalue weighted by Crippen LogP contribution is 2.45. The van der Waals surface area contributed by atoms with E-state index >= 15 is 0 Å². The molecule has 38 heavy (non-hydrogen) atoms. The SMILES string of the molecule is O=C(Nc1ccc2c(c1)NC(=O)C21Cc2ccccc2NC1=O)C1CCN(C(=O)c2ccc(F)cc2)CC1. The second-order valence-electron chi connectivity index (χ2n) is 9.97. The Morgan fingerprint density at radius 3 is 2.32 bits per heavy atom. The molecule has 3 aromatic carbocycles. The van der Waals surface area contributed by atoms with Crippen LogP contribution in [0.1, 0.15) is 34.3 Å². The van der Waals surface area contributed by atoms with Crippen molar-refractivity contribution in [1.29, 1.82) is 0 Å². The monoisotopic (exact) mass is 512 g/mol. The van der Waals surface area contributed by atoms with Gasteiger partial charge in [0.25, 0.3) is 5.91 Å². The lowest BCUT2D eigenvalue weighted by atomic mass is 9.73. The fraction of sp³-hybridized carbons (Fsp3) is 0.241. The van der Waals surface area contributed by atoms with Gasteiger partial charge >= 0.3 is 0 Å². The molecule has 1 atom stereocenters. The first kappa shape index (κ1) is 23.8. The second-order valence-corrected chi connectivity index (χ2v) is 9.97. The Morgan fingerprint density at radius 2 is 1.58 bits per heavy atom. The summed E-state index contributed by atoms with van der Waals surface area (Å²) >= 11 is 0. The van der Waals surface area contributed by atoms with Crippen LogP contribution in [0.25, 0.3) is 0 Å². The van der Waals surface area contributed by atoms with E-state index in [9.17, 15) is 23.6 Å². The number of halogens is 1. The molecule has 1 spiro atoms. The van der Waals surface area contributed by atoms with E-state index in [4.69, 9.17) is 0 Å². The quantitative estimate of drug-likeness (QED) is 0.465. The predicted molar refractivity (Wildman–Crippen MR) is 139 cm³/mol. The number of piperidine rings is 1. The average molecular weight is 513 g/mol. The molecule has 1 unspecified atom stereocenters. The van der Waals surface area contributed by atoms with Crippen LogP contribution in [0.15, 0.2) is 66.7 Å². The Balaban J connectivity index is 1.13. The second kappa shape index (κ2) is 9.09. The lowest BCUT2D eigenvalue weighted by molar-refractivity contribution is -0.131. The zero-order chi connectivity index (χ0) is 26.4. The molecule has 4 amide bonds. The van der Waals surface area contributed by atoms with Crippen LogP contribution >= 0.6 is 0 Å². The van der Waals surface area contributed by atoms with Crippen molar-refractivity contribution in [3.63, 3.8) is 0 Å². The molecule has 3 aliphatic heterocycles. The third kappa shape index (κ3) is 3.91.